The number of ether oxygens (including phenoxy) is 3. The maximum atomic E-state index is 12.3. The first-order valence-electron chi connectivity index (χ1n) is 9.05. The number of carbonyl (C=O) groups excluding carboxylic acids is 1. The first kappa shape index (κ1) is 20.8. The third-order valence-corrected chi connectivity index (χ3v) is 4.76. The molecule has 0 atom stereocenters. The quantitative estimate of drug-likeness (QED) is 0.505. The Balaban J connectivity index is 1.48. The Morgan fingerprint density at radius 2 is 1.76 bits per heavy atom. The van der Waals surface area contributed by atoms with Gasteiger partial charge in [0.1, 0.15) is 18.1 Å². The van der Waals surface area contributed by atoms with Gasteiger partial charge in [-0.2, -0.15) is 0 Å². The summed E-state index contributed by atoms with van der Waals surface area (Å²) >= 11 is 3.38. The molecule has 0 saturated heterocycles. The van der Waals surface area contributed by atoms with Gasteiger partial charge in [0.05, 0.1) is 14.2 Å². The highest BCUT2D eigenvalue weighted by atomic mass is 79.9. The number of methoxy groups -OCH3 is 2. The van der Waals surface area contributed by atoms with Crippen LogP contribution in [-0.4, -0.2) is 26.7 Å². The van der Waals surface area contributed by atoms with Crippen molar-refractivity contribution < 1.29 is 23.4 Å². The highest BCUT2D eigenvalue weighted by molar-refractivity contribution is 9.10. The number of halogens is 1. The Morgan fingerprint density at radius 3 is 2.48 bits per heavy atom. The molecule has 0 spiro atoms. The van der Waals surface area contributed by atoms with Gasteiger partial charge in [0.15, 0.2) is 17.3 Å². The molecule has 1 heterocycles. The monoisotopic (exact) mass is 459 g/mol. The Kier molecular flexibility index (Phi) is 7.19. The van der Waals surface area contributed by atoms with Crippen LogP contribution < -0.4 is 19.5 Å². The number of hydrogen-bond acceptors (Lipinski definition) is 5. The van der Waals surface area contributed by atoms with Gasteiger partial charge in [0, 0.05) is 11.0 Å². The number of amides is 1. The van der Waals surface area contributed by atoms with Crippen LogP contribution in [0.4, 0.5) is 0 Å². The molecule has 1 aromatic heterocycles. The second kappa shape index (κ2) is 10.0. The number of furan rings is 1. The van der Waals surface area contributed by atoms with E-state index in [1.807, 2.05) is 42.5 Å². The van der Waals surface area contributed by atoms with Gasteiger partial charge in [-0.05, 0) is 60.5 Å². The number of rotatable bonds is 9. The Bertz CT molecular complexity index is 952. The standard InChI is InChI=1S/C22H22BrNO5/c1-26-19-9-3-15(13-21(19)27-2)11-12-24-22(25)20-10-8-18(29-20)14-28-17-6-4-16(23)5-7-17/h3-10,13H,11-12,14H2,1-2H3,(H,24,25). The summed E-state index contributed by atoms with van der Waals surface area (Å²) < 4.78 is 22.7. The Hall–Kier alpha value is -2.93. The third-order valence-electron chi connectivity index (χ3n) is 4.23. The Morgan fingerprint density at radius 1 is 1.00 bits per heavy atom. The maximum Gasteiger partial charge on any atom is 0.287 e. The molecule has 6 nitrogen and oxygen atoms in total. The molecule has 0 aliphatic carbocycles. The average Bonchev–Trinajstić information content (AvgIpc) is 3.22. The lowest BCUT2D eigenvalue weighted by molar-refractivity contribution is 0.0922. The van der Waals surface area contributed by atoms with E-state index in [1.165, 1.54) is 0 Å². The molecule has 152 valence electrons. The normalized spacial score (nSPS) is 10.4. The van der Waals surface area contributed by atoms with Crippen molar-refractivity contribution in [2.75, 3.05) is 20.8 Å². The van der Waals surface area contributed by atoms with Gasteiger partial charge < -0.3 is 23.9 Å². The molecule has 1 N–H and O–H groups in total. The van der Waals surface area contributed by atoms with Crippen molar-refractivity contribution in [1.82, 2.24) is 5.32 Å². The molecule has 0 saturated carbocycles. The fraction of sp³-hybridized carbons (Fsp3) is 0.227. The molecule has 3 aromatic rings. The summed E-state index contributed by atoms with van der Waals surface area (Å²) in [5.41, 5.74) is 1.03. The van der Waals surface area contributed by atoms with Crippen molar-refractivity contribution in [3.8, 4) is 17.2 Å². The highest BCUT2D eigenvalue weighted by Gasteiger charge is 2.12. The summed E-state index contributed by atoms with van der Waals surface area (Å²) in [6, 6.07) is 16.6. The van der Waals surface area contributed by atoms with Crippen LogP contribution >= 0.6 is 15.9 Å². The number of carbonyl (C=O) groups is 1. The fourth-order valence-electron chi connectivity index (χ4n) is 2.71. The van der Waals surface area contributed by atoms with Gasteiger partial charge in [-0.3, -0.25) is 4.79 Å². The van der Waals surface area contributed by atoms with Crippen LogP contribution in [0.25, 0.3) is 0 Å². The van der Waals surface area contributed by atoms with Gasteiger partial charge in [0.25, 0.3) is 5.91 Å². The van der Waals surface area contributed by atoms with Gasteiger partial charge in [-0.25, -0.2) is 0 Å². The van der Waals surface area contributed by atoms with Gasteiger partial charge >= 0.3 is 0 Å². The summed E-state index contributed by atoms with van der Waals surface area (Å²) in [5.74, 6) is 2.64. The molecule has 0 fully saturated rings. The van der Waals surface area contributed by atoms with Crippen LogP contribution in [-0.2, 0) is 13.0 Å². The van der Waals surface area contributed by atoms with E-state index in [4.69, 9.17) is 18.6 Å². The van der Waals surface area contributed by atoms with E-state index in [0.29, 0.717) is 30.2 Å². The molecule has 0 aliphatic rings. The third kappa shape index (κ3) is 5.77. The zero-order chi connectivity index (χ0) is 20.6. The topological polar surface area (TPSA) is 69.9 Å². The molecule has 0 bridgehead atoms. The zero-order valence-corrected chi connectivity index (χ0v) is 17.8. The van der Waals surface area contributed by atoms with Crippen LogP contribution in [0.5, 0.6) is 17.2 Å². The van der Waals surface area contributed by atoms with Crippen LogP contribution in [0, 0.1) is 0 Å². The van der Waals surface area contributed by atoms with E-state index in [-0.39, 0.29) is 18.3 Å². The average molecular weight is 460 g/mol. The molecule has 0 aliphatic heterocycles. The first-order chi connectivity index (χ1) is 14.1. The predicted octanol–water partition coefficient (Wildman–Crippen LogP) is 4.61. The molecule has 7 heteroatoms. The van der Waals surface area contributed by atoms with Crippen LogP contribution in [0.3, 0.4) is 0 Å². The summed E-state index contributed by atoms with van der Waals surface area (Å²) in [6.07, 6.45) is 0.659. The van der Waals surface area contributed by atoms with Crippen LogP contribution in [0.15, 0.2) is 63.5 Å². The van der Waals surface area contributed by atoms with Crippen LogP contribution in [0.2, 0.25) is 0 Å². The van der Waals surface area contributed by atoms with Gasteiger partial charge in [-0.1, -0.05) is 22.0 Å². The van der Waals surface area contributed by atoms with E-state index in [1.54, 1.807) is 26.4 Å². The van der Waals surface area contributed by atoms with E-state index in [0.717, 1.165) is 15.8 Å². The lowest BCUT2D eigenvalue weighted by Crippen LogP contribution is -2.25. The lowest BCUT2D eigenvalue weighted by Gasteiger charge is -2.09. The van der Waals surface area contributed by atoms with Crippen molar-refractivity contribution in [1.29, 1.82) is 0 Å². The van der Waals surface area contributed by atoms with Gasteiger partial charge in [0.2, 0.25) is 0 Å². The molecule has 29 heavy (non-hydrogen) atoms. The summed E-state index contributed by atoms with van der Waals surface area (Å²) in [7, 11) is 3.19. The summed E-state index contributed by atoms with van der Waals surface area (Å²) in [5, 5.41) is 2.86. The molecule has 0 radical (unpaired) electrons. The van der Waals surface area contributed by atoms with Crippen LogP contribution in [0.1, 0.15) is 21.9 Å². The molecule has 0 unspecified atom stereocenters. The van der Waals surface area contributed by atoms with E-state index in [9.17, 15) is 4.79 Å². The summed E-state index contributed by atoms with van der Waals surface area (Å²) in [6.45, 7) is 0.723. The van der Waals surface area contributed by atoms with E-state index in [2.05, 4.69) is 21.2 Å². The minimum atomic E-state index is -0.264. The van der Waals surface area contributed by atoms with Crippen molar-refractivity contribution in [3.05, 3.63) is 76.2 Å². The van der Waals surface area contributed by atoms with Crippen molar-refractivity contribution >= 4 is 21.8 Å². The fourth-order valence-corrected chi connectivity index (χ4v) is 2.97. The first-order valence-corrected chi connectivity index (χ1v) is 9.84. The lowest BCUT2D eigenvalue weighted by atomic mass is 10.1. The number of benzene rings is 2. The smallest absolute Gasteiger partial charge is 0.287 e. The van der Waals surface area contributed by atoms with E-state index >= 15 is 0 Å². The number of hydrogen-bond donors (Lipinski definition) is 1. The largest absolute Gasteiger partial charge is 0.493 e. The zero-order valence-electron chi connectivity index (χ0n) is 16.2. The van der Waals surface area contributed by atoms with Crippen molar-refractivity contribution in [2.45, 2.75) is 13.0 Å². The predicted molar refractivity (Wildman–Crippen MR) is 113 cm³/mol. The molecular formula is C22H22BrNO5. The Labute approximate surface area is 177 Å². The minimum absolute atomic E-state index is 0.251. The van der Waals surface area contributed by atoms with Crippen molar-refractivity contribution in [2.24, 2.45) is 0 Å². The molecular weight excluding hydrogens is 438 g/mol. The highest BCUT2D eigenvalue weighted by Crippen LogP contribution is 2.27. The second-order valence-electron chi connectivity index (χ2n) is 6.20. The number of nitrogens with one attached hydrogen (secondary N) is 1. The van der Waals surface area contributed by atoms with Crippen molar-refractivity contribution in [3.63, 3.8) is 0 Å². The molecule has 3 rings (SSSR count). The van der Waals surface area contributed by atoms with Gasteiger partial charge in [-0.15, -0.1) is 0 Å². The SMILES string of the molecule is COc1ccc(CCNC(=O)c2ccc(COc3ccc(Br)cc3)o2)cc1OC. The minimum Gasteiger partial charge on any atom is -0.493 e. The molecule has 1 amide bonds. The van der Waals surface area contributed by atoms with E-state index < -0.39 is 0 Å². The second-order valence-corrected chi connectivity index (χ2v) is 7.12. The summed E-state index contributed by atoms with van der Waals surface area (Å²) in [4.78, 5) is 12.3. The molecule has 2 aromatic carbocycles. The maximum absolute atomic E-state index is 12.3.